The van der Waals surface area contributed by atoms with E-state index in [0.29, 0.717) is 0 Å². The van der Waals surface area contributed by atoms with E-state index in [-0.39, 0.29) is 13.1 Å². The molecule has 0 radical (unpaired) electrons. The Bertz CT molecular complexity index is 359. The third-order valence-corrected chi connectivity index (χ3v) is 3.31. The molecule has 1 atom stereocenters. The van der Waals surface area contributed by atoms with E-state index >= 15 is 0 Å². The fourth-order valence-corrected chi connectivity index (χ4v) is 1.68. The molecule has 0 aromatic heterocycles. The number of carbonyl (C=O) groups is 1. The molecule has 0 aliphatic carbocycles. The van der Waals surface area contributed by atoms with Crippen LogP contribution in [-0.2, 0) is 19.6 Å². The van der Waals surface area contributed by atoms with Crippen molar-refractivity contribution < 1.29 is 17.9 Å². The average Bonchev–Trinajstić information content (AvgIpc) is 2.22. The maximum atomic E-state index is 11.3. The van der Waals surface area contributed by atoms with Crippen molar-refractivity contribution in [3.63, 3.8) is 0 Å². The molecule has 0 heterocycles. The van der Waals surface area contributed by atoms with Crippen LogP contribution in [0.15, 0.2) is 5.11 Å². The maximum absolute atomic E-state index is 11.3. The van der Waals surface area contributed by atoms with Crippen molar-refractivity contribution in [2.24, 2.45) is 5.11 Å². The van der Waals surface area contributed by atoms with Crippen LogP contribution in [0.4, 0.5) is 0 Å². The summed E-state index contributed by atoms with van der Waals surface area (Å²) in [4.78, 5) is 13.4. The summed E-state index contributed by atoms with van der Waals surface area (Å²) in [5, 5.41) is 1.85. The first-order valence-corrected chi connectivity index (χ1v) is 5.57. The highest BCUT2D eigenvalue weighted by Gasteiger charge is 2.27. The second kappa shape index (κ2) is 6.23. The lowest BCUT2D eigenvalue weighted by Gasteiger charge is -2.10. The van der Waals surface area contributed by atoms with Gasteiger partial charge in [-0.2, -0.15) is 0 Å². The third-order valence-electron chi connectivity index (χ3n) is 1.58. The molecule has 0 fully saturated rings. The molecule has 0 aromatic carbocycles. The summed E-state index contributed by atoms with van der Waals surface area (Å²) in [5.74, 6) is -0.841. The highest BCUT2D eigenvalue weighted by molar-refractivity contribution is 7.90. The largest absolute Gasteiger partial charge is 0.468 e. The van der Waals surface area contributed by atoms with Crippen LogP contribution in [0.25, 0.3) is 10.4 Å². The number of nitrogens with zero attached hydrogens (tertiary/aromatic N) is 3. The number of esters is 1. The van der Waals surface area contributed by atoms with Crippen LogP contribution in [0.1, 0.15) is 6.92 Å². The zero-order chi connectivity index (χ0) is 11.9. The molecule has 15 heavy (non-hydrogen) atoms. The standard InChI is InChI=1S/C6H12N4O4S/c1-5(6(11)14-2)15(12,13)9-4-3-8-10-7/h5,9H,3-4H2,1-2H3. The molecular weight excluding hydrogens is 224 g/mol. The number of azide groups is 1. The van der Waals surface area contributed by atoms with Crippen LogP contribution in [0, 0.1) is 0 Å². The molecule has 8 nitrogen and oxygen atoms in total. The molecule has 0 saturated carbocycles. The van der Waals surface area contributed by atoms with Crippen molar-refractivity contribution in [2.45, 2.75) is 12.2 Å². The summed E-state index contributed by atoms with van der Waals surface area (Å²) in [5.41, 5.74) is 7.94. The number of hydrogen-bond acceptors (Lipinski definition) is 5. The zero-order valence-corrected chi connectivity index (χ0v) is 9.19. The van der Waals surface area contributed by atoms with Gasteiger partial charge in [-0.1, -0.05) is 5.11 Å². The Kier molecular flexibility index (Phi) is 5.68. The molecule has 1 N–H and O–H groups in total. The van der Waals surface area contributed by atoms with Crippen molar-refractivity contribution in [2.75, 3.05) is 20.2 Å². The van der Waals surface area contributed by atoms with E-state index in [1.165, 1.54) is 6.92 Å². The number of methoxy groups -OCH3 is 1. The number of ether oxygens (including phenoxy) is 1. The van der Waals surface area contributed by atoms with Gasteiger partial charge in [0.15, 0.2) is 5.25 Å². The topological polar surface area (TPSA) is 121 Å². The van der Waals surface area contributed by atoms with Crippen LogP contribution < -0.4 is 4.72 Å². The van der Waals surface area contributed by atoms with Crippen LogP contribution >= 0.6 is 0 Å². The van der Waals surface area contributed by atoms with Crippen molar-refractivity contribution in [1.29, 1.82) is 0 Å². The molecule has 0 aliphatic rings. The second-order valence-corrected chi connectivity index (χ2v) is 4.65. The molecule has 1 unspecified atom stereocenters. The average molecular weight is 236 g/mol. The predicted octanol–water partition coefficient (Wildman–Crippen LogP) is -0.222. The normalized spacial score (nSPS) is 12.7. The minimum absolute atomic E-state index is 0.0103. The summed E-state index contributed by atoms with van der Waals surface area (Å²) >= 11 is 0. The number of rotatable bonds is 6. The van der Waals surface area contributed by atoms with E-state index in [0.717, 1.165) is 7.11 Å². The van der Waals surface area contributed by atoms with Crippen LogP contribution in [0.3, 0.4) is 0 Å². The summed E-state index contributed by atoms with van der Waals surface area (Å²) in [6.45, 7) is 1.15. The Morgan fingerprint density at radius 2 is 2.27 bits per heavy atom. The van der Waals surface area contributed by atoms with Crippen molar-refractivity contribution in [3.8, 4) is 0 Å². The van der Waals surface area contributed by atoms with Gasteiger partial charge in [0, 0.05) is 18.0 Å². The maximum Gasteiger partial charge on any atom is 0.325 e. The predicted molar refractivity (Wildman–Crippen MR) is 52.4 cm³/mol. The van der Waals surface area contributed by atoms with Crippen LogP contribution in [0.5, 0.6) is 0 Å². The molecule has 9 heteroatoms. The number of nitrogens with one attached hydrogen (secondary N) is 1. The monoisotopic (exact) mass is 236 g/mol. The molecule has 0 aliphatic heterocycles. The fraction of sp³-hybridized carbons (Fsp3) is 0.833. The van der Waals surface area contributed by atoms with Gasteiger partial charge in [0.05, 0.1) is 7.11 Å². The van der Waals surface area contributed by atoms with Gasteiger partial charge in [0.25, 0.3) is 0 Å². The van der Waals surface area contributed by atoms with E-state index in [4.69, 9.17) is 5.53 Å². The minimum atomic E-state index is -3.76. The second-order valence-electron chi connectivity index (χ2n) is 2.56. The first kappa shape index (κ1) is 13.7. The summed E-state index contributed by atoms with van der Waals surface area (Å²) in [6, 6.07) is 0. The molecule has 0 saturated heterocycles. The van der Waals surface area contributed by atoms with E-state index in [1.54, 1.807) is 0 Å². The van der Waals surface area contributed by atoms with Gasteiger partial charge in [-0.15, -0.1) is 0 Å². The van der Waals surface area contributed by atoms with Gasteiger partial charge in [-0.05, 0) is 12.5 Å². The van der Waals surface area contributed by atoms with Gasteiger partial charge in [-0.25, -0.2) is 13.1 Å². The smallest absolute Gasteiger partial charge is 0.325 e. The first-order valence-electron chi connectivity index (χ1n) is 4.03. The Morgan fingerprint density at radius 1 is 1.67 bits per heavy atom. The Balaban J connectivity index is 4.29. The lowest BCUT2D eigenvalue weighted by atomic mass is 10.5. The van der Waals surface area contributed by atoms with Gasteiger partial charge >= 0.3 is 5.97 Å². The van der Waals surface area contributed by atoms with Crippen molar-refractivity contribution in [1.82, 2.24) is 4.72 Å². The van der Waals surface area contributed by atoms with Gasteiger partial charge in [0.2, 0.25) is 10.0 Å². The van der Waals surface area contributed by atoms with E-state index in [2.05, 4.69) is 19.5 Å². The third kappa shape index (κ3) is 4.63. The molecule has 0 aromatic rings. The first-order chi connectivity index (χ1) is 6.95. The molecule has 0 spiro atoms. The summed E-state index contributed by atoms with van der Waals surface area (Å²) in [7, 11) is -2.65. The van der Waals surface area contributed by atoms with Gasteiger partial charge in [0.1, 0.15) is 0 Å². The Labute approximate surface area is 87.3 Å². The van der Waals surface area contributed by atoms with E-state index < -0.39 is 21.2 Å². The summed E-state index contributed by atoms with van der Waals surface area (Å²) < 4.78 is 29.1. The lowest BCUT2D eigenvalue weighted by Crippen LogP contribution is -2.39. The molecule has 0 amide bonds. The molecule has 0 bridgehead atoms. The highest BCUT2D eigenvalue weighted by atomic mass is 32.2. The SMILES string of the molecule is COC(=O)C(C)S(=O)(=O)NCCN=[N+]=[N-]. The molecular formula is C6H12N4O4S. The molecule has 0 rings (SSSR count). The van der Waals surface area contributed by atoms with Crippen molar-refractivity contribution in [3.05, 3.63) is 10.4 Å². The number of sulfonamides is 1. The number of hydrogen-bond donors (Lipinski definition) is 1. The van der Waals surface area contributed by atoms with Gasteiger partial charge in [-0.3, -0.25) is 4.79 Å². The number of carbonyl (C=O) groups excluding carboxylic acids is 1. The van der Waals surface area contributed by atoms with E-state index in [1.807, 2.05) is 0 Å². The Morgan fingerprint density at radius 3 is 2.73 bits per heavy atom. The van der Waals surface area contributed by atoms with Crippen molar-refractivity contribution >= 4 is 16.0 Å². The Hall–Kier alpha value is -1.31. The zero-order valence-electron chi connectivity index (χ0n) is 8.37. The highest BCUT2D eigenvalue weighted by Crippen LogP contribution is 1.99. The molecule has 86 valence electrons. The van der Waals surface area contributed by atoms with Crippen LogP contribution in [-0.4, -0.2) is 39.8 Å². The van der Waals surface area contributed by atoms with Gasteiger partial charge < -0.3 is 4.74 Å². The van der Waals surface area contributed by atoms with E-state index in [9.17, 15) is 13.2 Å². The fourth-order valence-electron chi connectivity index (χ4n) is 0.700. The quantitative estimate of drug-likeness (QED) is 0.225. The lowest BCUT2D eigenvalue weighted by molar-refractivity contribution is -0.139. The minimum Gasteiger partial charge on any atom is -0.468 e. The van der Waals surface area contributed by atoms with Crippen LogP contribution in [0.2, 0.25) is 0 Å². The summed E-state index contributed by atoms with van der Waals surface area (Å²) in [6.07, 6.45) is 0.